The summed E-state index contributed by atoms with van der Waals surface area (Å²) in [5, 5.41) is 14.3. The highest BCUT2D eigenvalue weighted by atomic mass is 35.5. The second-order valence-electron chi connectivity index (χ2n) is 5.01. The van der Waals surface area contributed by atoms with Crippen LogP contribution in [0.3, 0.4) is 0 Å². The SMILES string of the molecule is CC1=NC(Nc2c(C)cc(C)nc2C)C(Cl)([N+](=O)[O-])C=N1. The minimum Gasteiger partial charge on any atom is -0.355 e. The number of aliphatic imine (C=N–C) groups is 2. The largest absolute Gasteiger partial charge is 0.370 e. The Labute approximate surface area is 127 Å². The van der Waals surface area contributed by atoms with Crippen LogP contribution < -0.4 is 5.32 Å². The lowest BCUT2D eigenvalue weighted by atomic mass is 10.1. The first kappa shape index (κ1) is 15.4. The van der Waals surface area contributed by atoms with Crippen molar-refractivity contribution in [1.82, 2.24) is 4.98 Å². The Hall–Kier alpha value is -2.02. The summed E-state index contributed by atoms with van der Waals surface area (Å²) in [6, 6.07) is 1.89. The van der Waals surface area contributed by atoms with Gasteiger partial charge in [0.1, 0.15) is 12.1 Å². The van der Waals surface area contributed by atoms with E-state index in [1.54, 1.807) is 6.92 Å². The number of anilines is 1. The highest BCUT2D eigenvalue weighted by molar-refractivity contribution is 6.32. The van der Waals surface area contributed by atoms with E-state index in [2.05, 4.69) is 20.3 Å². The number of nitrogens with zero attached hydrogens (tertiary/aromatic N) is 4. The Balaban J connectivity index is 2.42. The molecule has 1 aromatic rings. The number of nitro groups is 1. The first-order valence-corrected chi connectivity index (χ1v) is 6.76. The summed E-state index contributed by atoms with van der Waals surface area (Å²) >= 11 is 6.09. The number of amidine groups is 1. The summed E-state index contributed by atoms with van der Waals surface area (Å²) in [7, 11) is 0. The van der Waals surface area contributed by atoms with Gasteiger partial charge in [0.15, 0.2) is 0 Å². The van der Waals surface area contributed by atoms with E-state index in [9.17, 15) is 10.1 Å². The van der Waals surface area contributed by atoms with Gasteiger partial charge in [-0.3, -0.25) is 15.1 Å². The molecule has 1 aromatic heterocycles. The average molecular weight is 310 g/mol. The maximum absolute atomic E-state index is 11.3. The van der Waals surface area contributed by atoms with Crippen LogP contribution in [-0.4, -0.2) is 33.1 Å². The zero-order valence-corrected chi connectivity index (χ0v) is 13.0. The lowest BCUT2D eigenvalue weighted by Gasteiger charge is -2.27. The molecule has 8 heteroatoms. The van der Waals surface area contributed by atoms with Crippen LogP contribution in [0.15, 0.2) is 16.1 Å². The fourth-order valence-electron chi connectivity index (χ4n) is 2.22. The molecule has 0 aromatic carbocycles. The van der Waals surface area contributed by atoms with E-state index in [-0.39, 0.29) is 0 Å². The molecular formula is C13H16ClN5O2. The third-order valence-electron chi connectivity index (χ3n) is 3.22. The molecule has 2 unspecified atom stereocenters. The Morgan fingerprint density at radius 1 is 1.38 bits per heavy atom. The molecule has 2 atom stereocenters. The zero-order valence-electron chi connectivity index (χ0n) is 12.2. The monoisotopic (exact) mass is 309 g/mol. The highest BCUT2D eigenvalue weighted by Gasteiger charge is 2.50. The number of hydrogen-bond donors (Lipinski definition) is 1. The molecule has 21 heavy (non-hydrogen) atoms. The molecule has 0 radical (unpaired) electrons. The number of rotatable bonds is 3. The second kappa shape index (κ2) is 5.40. The van der Waals surface area contributed by atoms with Gasteiger partial charge in [-0.25, -0.2) is 9.98 Å². The minimum atomic E-state index is -1.91. The maximum atomic E-state index is 11.3. The van der Waals surface area contributed by atoms with Crippen LogP contribution in [-0.2, 0) is 0 Å². The van der Waals surface area contributed by atoms with Gasteiger partial charge in [0, 0.05) is 5.69 Å². The van der Waals surface area contributed by atoms with Crippen LogP contribution in [0.25, 0.3) is 0 Å². The van der Waals surface area contributed by atoms with Crippen molar-refractivity contribution in [3.8, 4) is 0 Å². The van der Waals surface area contributed by atoms with Crippen LogP contribution in [0.4, 0.5) is 5.69 Å². The standard InChI is InChI=1S/C13H16ClN5O2/c1-7-5-8(2)16-9(3)11(7)18-12-13(14,19(20)21)6-15-10(4)17-12/h5-6,12,18H,1-4H3. The summed E-state index contributed by atoms with van der Waals surface area (Å²) in [4.78, 5) is 21.1. The average Bonchev–Trinajstić information content (AvgIpc) is 2.37. The fraction of sp³-hybridized carbons (Fsp3) is 0.462. The van der Waals surface area contributed by atoms with Gasteiger partial charge in [0.05, 0.1) is 16.3 Å². The molecule has 0 saturated heterocycles. The molecule has 2 rings (SSSR count). The van der Waals surface area contributed by atoms with Gasteiger partial charge >= 0.3 is 5.00 Å². The van der Waals surface area contributed by atoms with E-state index < -0.39 is 16.1 Å². The third kappa shape index (κ3) is 2.87. The summed E-state index contributed by atoms with van der Waals surface area (Å²) < 4.78 is 0. The molecule has 112 valence electrons. The number of hydrogen-bond acceptors (Lipinski definition) is 6. The smallest absolute Gasteiger partial charge is 0.355 e. The van der Waals surface area contributed by atoms with Crippen molar-refractivity contribution < 1.29 is 4.92 Å². The topological polar surface area (TPSA) is 92.8 Å². The number of aryl methyl sites for hydroxylation is 3. The Bertz CT molecular complexity index is 635. The van der Waals surface area contributed by atoms with Crippen molar-refractivity contribution in [1.29, 1.82) is 0 Å². The van der Waals surface area contributed by atoms with Gasteiger partial charge in [-0.15, -0.1) is 0 Å². The van der Waals surface area contributed by atoms with Gasteiger partial charge in [-0.1, -0.05) is 0 Å². The number of halogens is 1. The molecule has 0 saturated carbocycles. The van der Waals surface area contributed by atoms with E-state index >= 15 is 0 Å². The molecule has 0 amide bonds. The molecule has 2 heterocycles. The number of alkyl halides is 1. The number of nitrogens with one attached hydrogen (secondary N) is 1. The van der Waals surface area contributed by atoms with Crippen LogP contribution in [0.5, 0.6) is 0 Å². The molecule has 1 N–H and O–H groups in total. The quantitative estimate of drug-likeness (QED) is 0.402. The van der Waals surface area contributed by atoms with Crippen LogP contribution >= 0.6 is 11.6 Å². The van der Waals surface area contributed by atoms with Gasteiger partial charge in [-0.2, -0.15) is 0 Å². The van der Waals surface area contributed by atoms with Crippen LogP contribution in [0.1, 0.15) is 23.9 Å². The number of pyridine rings is 1. The molecular weight excluding hydrogens is 294 g/mol. The lowest BCUT2D eigenvalue weighted by Crippen LogP contribution is -2.51. The normalized spacial score (nSPS) is 24.6. The Kier molecular flexibility index (Phi) is 3.95. The van der Waals surface area contributed by atoms with Crippen molar-refractivity contribution >= 4 is 29.3 Å². The summed E-state index contributed by atoms with van der Waals surface area (Å²) in [6.45, 7) is 7.29. The third-order valence-corrected chi connectivity index (χ3v) is 3.66. The lowest BCUT2D eigenvalue weighted by molar-refractivity contribution is -0.521. The molecule has 0 aliphatic carbocycles. The van der Waals surface area contributed by atoms with Crippen molar-refractivity contribution in [2.75, 3.05) is 5.32 Å². The van der Waals surface area contributed by atoms with E-state index in [4.69, 9.17) is 11.6 Å². The summed E-state index contributed by atoms with van der Waals surface area (Å²) in [5.41, 5.74) is 3.25. The Morgan fingerprint density at radius 3 is 2.62 bits per heavy atom. The summed E-state index contributed by atoms with van der Waals surface area (Å²) in [6.07, 6.45) is 0.162. The van der Waals surface area contributed by atoms with Gasteiger partial charge < -0.3 is 5.32 Å². The van der Waals surface area contributed by atoms with E-state index in [0.29, 0.717) is 11.5 Å². The maximum Gasteiger partial charge on any atom is 0.370 e. The van der Waals surface area contributed by atoms with E-state index in [1.165, 1.54) is 0 Å². The van der Waals surface area contributed by atoms with Gasteiger partial charge in [-0.05, 0) is 50.9 Å². The van der Waals surface area contributed by atoms with E-state index in [0.717, 1.165) is 23.2 Å². The molecule has 7 nitrogen and oxygen atoms in total. The van der Waals surface area contributed by atoms with Crippen molar-refractivity contribution in [2.45, 2.75) is 38.9 Å². The second-order valence-corrected chi connectivity index (χ2v) is 5.61. The summed E-state index contributed by atoms with van der Waals surface area (Å²) in [5.74, 6) is 0.431. The zero-order chi connectivity index (χ0) is 15.8. The van der Waals surface area contributed by atoms with Crippen molar-refractivity contribution in [2.24, 2.45) is 9.98 Å². The van der Waals surface area contributed by atoms with Gasteiger partial charge in [0.2, 0.25) is 6.17 Å². The molecule has 0 bridgehead atoms. The van der Waals surface area contributed by atoms with Crippen LogP contribution in [0, 0.1) is 30.9 Å². The fourth-order valence-corrected chi connectivity index (χ4v) is 2.38. The predicted molar refractivity (Wildman–Crippen MR) is 83.0 cm³/mol. The molecule has 1 aliphatic rings. The van der Waals surface area contributed by atoms with Crippen LogP contribution in [0.2, 0.25) is 0 Å². The highest BCUT2D eigenvalue weighted by Crippen LogP contribution is 2.29. The van der Waals surface area contributed by atoms with Crippen molar-refractivity contribution in [3.63, 3.8) is 0 Å². The first-order valence-electron chi connectivity index (χ1n) is 6.38. The minimum absolute atomic E-state index is 0.431. The first-order chi connectivity index (χ1) is 9.74. The number of aromatic nitrogens is 1. The van der Waals surface area contributed by atoms with Gasteiger partial charge in [0.25, 0.3) is 0 Å². The predicted octanol–water partition coefficient (Wildman–Crippen LogP) is 2.46. The molecule has 1 aliphatic heterocycles. The molecule has 0 spiro atoms. The van der Waals surface area contributed by atoms with E-state index in [1.807, 2.05) is 26.8 Å². The van der Waals surface area contributed by atoms with Crippen molar-refractivity contribution in [3.05, 3.63) is 33.1 Å². The molecule has 0 fully saturated rings. The Morgan fingerprint density at radius 2 is 2.05 bits per heavy atom.